The average Bonchev–Trinajstić information content (AvgIpc) is 2.55. The Hall–Kier alpha value is -1.32. The molecule has 0 bridgehead atoms. The maximum Gasteiger partial charge on any atom is 0.218 e. The minimum atomic E-state index is -0.601. The van der Waals surface area contributed by atoms with Gasteiger partial charge in [-0.1, -0.05) is 76.7 Å². The SMILES string of the molecule is O=C1C(Cl)=C(Cl)C(=Nc2ccc3ccccc3c2)C(Cl)=C1Cl. The Kier molecular flexibility index (Phi) is 4.28. The molecule has 0 N–H and O–H groups in total. The van der Waals surface area contributed by atoms with Gasteiger partial charge in [-0.15, -0.1) is 0 Å². The molecule has 2 aromatic carbocycles. The first-order valence-electron chi connectivity index (χ1n) is 6.22. The third-order valence-corrected chi connectivity index (χ3v) is 4.82. The van der Waals surface area contributed by atoms with Crippen LogP contribution < -0.4 is 0 Å². The molecule has 2 nitrogen and oxygen atoms in total. The lowest BCUT2D eigenvalue weighted by Gasteiger charge is -2.13. The number of carbonyl (C=O) groups is 1. The highest BCUT2D eigenvalue weighted by atomic mass is 35.5. The van der Waals surface area contributed by atoms with Crippen LogP contribution in [-0.2, 0) is 4.79 Å². The number of allylic oxidation sites excluding steroid dienone is 4. The second-order valence-corrected chi connectivity index (χ2v) is 6.09. The fourth-order valence-electron chi connectivity index (χ4n) is 2.07. The summed E-state index contributed by atoms with van der Waals surface area (Å²) in [5.41, 5.74) is 0.821. The van der Waals surface area contributed by atoms with Crippen LogP contribution in [0.15, 0.2) is 67.6 Å². The van der Waals surface area contributed by atoms with E-state index in [-0.39, 0.29) is 25.8 Å². The van der Waals surface area contributed by atoms with E-state index >= 15 is 0 Å². The maximum absolute atomic E-state index is 11.7. The van der Waals surface area contributed by atoms with E-state index in [1.54, 1.807) is 0 Å². The van der Waals surface area contributed by atoms with Crippen molar-refractivity contribution in [2.45, 2.75) is 0 Å². The van der Waals surface area contributed by atoms with Crippen molar-refractivity contribution in [2.75, 3.05) is 0 Å². The Labute approximate surface area is 146 Å². The molecule has 0 amide bonds. The zero-order valence-electron chi connectivity index (χ0n) is 10.9. The van der Waals surface area contributed by atoms with Crippen molar-refractivity contribution in [3.63, 3.8) is 0 Å². The molecule has 0 unspecified atom stereocenters. The second-order valence-electron chi connectivity index (χ2n) is 4.58. The Bertz CT molecular complexity index is 866. The Morgan fingerprint density at radius 3 is 1.95 bits per heavy atom. The van der Waals surface area contributed by atoms with Crippen molar-refractivity contribution in [1.82, 2.24) is 0 Å². The molecule has 3 rings (SSSR count). The van der Waals surface area contributed by atoms with Gasteiger partial charge in [-0.25, -0.2) is 4.99 Å². The summed E-state index contributed by atoms with van der Waals surface area (Å²) in [6.45, 7) is 0. The number of nitrogens with zero attached hydrogens (tertiary/aromatic N) is 1. The lowest BCUT2D eigenvalue weighted by Crippen LogP contribution is -2.15. The average molecular weight is 371 g/mol. The molecule has 2 aromatic rings. The fraction of sp³-hybridized carbons (Fsp3) is 0. The summed E-state index contributed by atoms with van der Waals surface area (Å²) < 4.78 is 0. The van der Waals surface area contributed by atoms with Crippen LogP contribution in [0.5, 0.6) is 0 Å². The van der Waals surface area contributed by atoms with Gasteiger partial charge >= 0.3 is 0 Å². The van der Waals surface area contributed by atoms with E-state index in [9.17, 15) is 4.79 Å². The minimum Gasteiger partial charge on any atom is -0.286 e. The number of aliphatic imine (C=N–C) groups is 1. The lowest BCUT2D eigenvalue weighted by molar-refractivity contribution is -0.111. The zero-order valence-corrected chi connectivity index (χ0v) is 13.9. The predicted octanol–water partition coefficient (Wildman–Crippen LogP) is 5.87. The van der Waals surface area contributed by atoms with Crippen molar-refractivity contribution in [2.24, 2.45) is 4.99 Å². The van der Waals surface area contributed by atoms with Crippen molar-refractivity contribution < 1.29 is 4.79 Å². The van der Waals surface area contributed by atoms with E-state index in [2.05, 4.69) is 4.99 Å². The summed E-state index contributed by atoms with van der Waals surface area (Å²) in [6.07, 6.45) is 0. The number of halogens is 4. The molecule has 6 heteroatoms. The van der Waals surface area contributed by atoms with Gasteiger partial charge in [0, 0.05) is 0 Å². The first-order chi connectivity index (χ1) is 10.5. The Balaban J connectivity index is 2.15. The number of hydrogen-bond acceptors (Lipinski definition) is 2. The standard InChI is InChI=1S/C16H7Cl4NO/c17-11-13(19)16(22)14(20)12(18)15(11)21-10-6-5-8-3-1-2-4-9(8)7-10/h1-7H. The summed E-state index contributed by atoms with van der Waals surface area (Å²) in [7, 11) is 0. The van der Waals surface area contributed by atoms with Crippen molar-refractivity contribution in [3.8, 4) is 0 Å². The van der Waals surface area contributed by atoms with Crippen LogP contribution in [0, 0.1) is 0 Å². The van der Waals surface area contributed by atoms with Gasteiger partial charge in [0.05, 0.1) is 15.8 Å². The molecule has 0 saturated heterocycles. The third kappa shape index (κ3) is 2.68. The first kappa shape index (κ1) is 15.6. The number of rotatable bonds is 1. The van der Waals surface area contributed by atoms with E-state index in [4.69, 9.17) is 46.4 Å². The molecule has 0 spiro atoms. The van der Waals surface area contributed by atoms with Crippen LogP contribution in [0.25, 0.3) is 10.8 Å². The van der Waals surface area contributed by atoms with Crippen molar-refractivity contribution >= 4 is 74.4 Å². The monoisotopic (exact) mass is 369 g/mol. The van der Waals surface area contributed by atoms with E-state index < -0.39 is 5.78 Å². The first-order valence-corrected chi connectivity index (χ1v) is 7.73. The van der Waals surface area contributed by atoms with Gasteiger partial charge in [-0.3, -0.25) is 4.79 Å². The van der Waals surface area contributed by atoms with Crippen LogP contribution >= 0.6 is 46.4 Å². The number of Topliss-reactive ketones (excluding diaryl/α,β-unsaturated/α-hetero) is 1. The zero-order chi connectivity index (χ0) is 15.9. The summed E-state index contributed by atoms with van der Waals surface area (Å²) in [5.74, 6) is -0.601. The molecule has 0 heterocycles. The molecule has 0 fully saturated rings. The van der Waals surface area contributed by atoms with Gasteiger partial charge < -0.3 is 0 Å². The van der Waals surface area contributed by atoms with E-state index in [1.165, 1.54) is 0 Å². The molecule has 0 aliphatic heterocycles. The quantitative estimate of drug-likeness (QED) is 0.577. The number of ketones is 1. The summed E-state index contributed by atoms with van der Waals surface area (Å²) in [5, 5.41) is 1.73. The van der Waals surface area contributed by atoms with Crippen LogP contribution in [0.3, 0.4) is 0 Å². The molecule has 0 aromatic heterocycles. The smallest absolute Gasteiger partial charge is 0.218 e. The van der Waals surface area contributed by atoms with Crippen LogP contribution in [0.2, 0.25) is 0 Å². The Morgan fingerprint density at radius 1 is 0.727 bits per heavy atom. The summed E-state index contributed by atoms with van der Waals surface area (Å²) >= 11 is 23.9. The van der Waals surface area contributed by atoms with Crippen molar-refractivity contribution in [3.05, 3.63) is 62.6 Å². The summed E-state index contributed by atoms with van der Waals surface area (Å²) in [6, 6.07) is 13.5. The number of benzene rings is 2. The molecule has 22 heavy (non-hydrogen) atoms. The molecule has 110 valence electrons. The van der Waals surface area contributed by atoms with Crippen molar-refractivity contribution in [1.29, 1.82) is 0 Å². The molecule has 1 aliphatic rings. The van der Waals surface area contributed by atoms with E-state index in [0.29, 0.717) is 5.69 Å². The molecule has 1 aliphatic carbocycles. The van der Waals surface area contributed by atoms with E-state index in [0.717, 1.165) is 10.8 Å². The molecule has 0 saturated carbocycles. The predicted molar refractivity (Wildman–Crippen MR) is 93.5 cm³/mol. The van der Waals surface area contributed by atoms with Gasteiger partial charge in [0.1, 0.15) is 15.8 Å². The van der Waals surface area contributed by atoms with Gasteiger partial charge in [-0.05, 0) is 22.9 Å². The van der Waals surface area contributed by atoms with Crippen LogP contribution in [0.4, 0.5) is 5.69 Å². The molecular weight excluding hydrogens is 364 g/mol. The number of hydrogen-bond donors (Lipinski definition) is 0. The highest BCUT2D eigenvalue weighted by Crippen LogP contribution is 2.35. The van der Waals surface area contributed by atoms with E-state index in [1.807, 2.05) is 42.5 Å². The van der Waals surface area contributed by atoms with Gasteiger partial charge in [0.2, 0.25) is 5.78 Å². The van der Waals surface area contributed by atoms with Gasteiger partial charge in [0.15, 0.2) is 0 Å². The normalized spacial score (nSPS) is 15.8. The lowest BCUT2D eigenvalue weighted by atomic mass is 10.1. The molecule has 0 radical (unpaired) electrons. The summed E-state index contributed by atoms with van der Waals surface area (Å²) in [4.78, 5) is 16.1. The topological polar surface area (TPSA) is 29.4 Å². The highest BCUT2D eigenvalue weighted by molar-refractivity contribution is 6.70. The highest BCUT2D eigenvalue weighted by Gasteiger charge is 2.30. The largest absolute Gasteiger partial charge is 0.286 e. The fourth-order valence-corrected chi connectivity index (χ4v) is 2.98. The number of fused-ring (bicyclic) bond motifs is 1. The molecule has 0 atom stereocenters. The maximum atomic E-state index is 11.7. The Morgan fingerprint density at radius 2 is 1.32 bits per heavy atom. The van der Waals surface area contributed by atoms with Crippen LogP contribution in [0.1, 0.15) is 0 Å². The minimum absolute atomic E-state index is 0.00535. The third-order valence-electron chi connectivity index (χ3n) is 3.17. The molecular formula is C16H7Cl4NO. The van der Waals surface area contributed by atoms with Gasteiger partial charge in [-0.2, -0.15) is 0 Å². The number of carbonyl (C=O) groups excluding carboxylic acids is 1. The van der Waals surface area contributed by atoms with Crippen LogP contribution in [-0.4, -0.2) is 11.5 Å². The second kappa shape index (κ2) is 6.05. The van der Waals surface area contributed by atoms with Gasteiger partial charge in [0.25, 0.3) is 0 Å².